The summed E-state index contributed by atoms with van der Waals surface area (Å²) in [6.07, 6.45) is 1.24. The number of nitrogens with zero attached hydrogens (tertiary/aromatic N) is 1. The first-order valence-corrected chi connectivity index (χ1v) is 10.3. The van der Waals surface area contributed by atoms with Crippen molar-refractivity contribution in [2.45, 2.75) is 46.6 Å². The summed E-state index contributed by atoms with van der Waals surface area (Å²) in [6.45, 7) is 8.66. The number of carbonyl (C=O) groups excluding carboxylic acids is 2. The van der Waals surface area contributed by atoms with Crippen LogP contribution < -0.4 is 10.1 Å². The zero-order chi connectivity index (χ0) is 21.2. The lowest BCUT2D eigenvalue weighted by Gasteiger charge is -2.30. The van der Waals surface area contributed by atoms with E-state index in [1.54, 1.807) is 4.90 Å². The molecule has 156 valence electrons. The minimum Gasteiger partial charge on any atom is -0.483 e. The largest absolute Gasteiger partial charge is 0.483 e. The van der Waals surface area contributed by atoms with Crippen LogP contribution in [-0.4, -0.2) is 42.5 Å². The normalized spacial score (nSPS) is 11.6. The van der Waals surface area contributed by atoms with Gasteiger partial charge >= 0.3 is 0 Å². The quantitative estimate of drug-likeness (QED) is 0.667. The van der Waals surface area contributed by atoms with Gasteiger partial charge in [-0.2, -0.15) is 0 Å². The first-order chi connectivity index (χ1) is 14.0. The Hall–Kier alpha value is -2.82. The lowest BCUT2D eigenvalue weighted by molar-refractivity contribution is -0.142. The molecule has 0 saturated carbocycles. The second kappa shape index (κ2) is 11.2. The third kappa shape index (κ3) is 6.63. The Bertz CT molecular complexity index is 805. The lowest BCUT2D eigenvalue weighted by atomic mass is 10.1. The highest BCUT2D eigenvalue weighted by Gasteiger charge is 2.28. The van der Waals surface area contributed by atoms with Crippen LogP contribution in [0.5, 0.6) is 5.75 Å². The molecule has 0 bridgehead atoms. The van der Waals surface area contributed by atoms with Gasteiger partial charge in [0.25, 0.3) is 5.91 Å². The molecule has 29 heavy (non-hydrogen) atoms. The van der Waals surface area contributed by atoms with E-state index < -0.39 is 6.04 Å². The molecule has 0 aliphatic carbocycles. The number of hydrogen-bond acceptors (Lipinski definition) is 3. The van der Waals surface area contributed by atoms with E-state index in [1.807, 2.05) is 76.2 Å². The monoisotopic (exact) mass is 396 g/mol. The Morgan fingerprint density at radius 2 is 1.79 bits per heavy atom. The van der Waals surface area contributed by atoms with Gasteiger partial charge in [0.05, 0.1) is 0 Å². The highest BCUT2D eigenvalue weighted by molar-refractivity contribution is 5.88. The van der Waals surface area contributed by atoms with E-state index in [0.717, 1.165) is 16.7 Å². The highest BCUT2D eigenvalue weighted by atomic mass is 16.5. The van der Waals surface area contributed by atoms with E-state index in [0.29, 0.717) is 31.7 Å². The molecule has 1 unspecified atom stereocenters. The van der Waals surface area contributed by atoms with Crippen molar-refractivity contribution in [1.82, 2.24) is 10.2 Å². The van der Waals surface area contributed by atoms with Crippen LogP contribution in [-0.2, 0) is 16.0 Å². The zero-order valence-corrected chi connectivity index (χ0v) is 17.9. The van der Waals surface area contributed by atoms with Gasteiger partial charge < -0.3 is 15.0 Å². The minimum absolute atomic E-state index is 0.0883. The van der Waals surface area contributed by atoms with Crippen molar-refractivity contribution in [2.24, 2.45) is 0 Å². The standard InChI is InChI=1S/C24H32N2O3/c1-5-21(24(28)25-6-2)26(15-14-20-10-8-7-9-11-20)23(27)17-29-22-16-18(3)12-13-19(22)4/h7-13,16,21H,5-6,14-15,17H2,1-4H3,(H,25,28). The van der Waals surface area contributed by atoms with Gasteiger partial charge in [-0.25, -0.2) is 0 Å². The number of amides is 2. The summed E-state index contributed by atoms with van der Waals surface area (Å²) in [4.78, 5) is 27.3. The van der Waals surface area contributed by atoms with E-state index in [-0.39, 0.29) is 18.4 Å². The van der Waals surface area contributed by atoms with E-state index in [1.165, 1.54) is 0 Å². The smallest absolute Gasteiger partial charge is 0.261 e. The molecule has 1 atom stereocenters. The Kier molecular flexibility index (Phi) is 8.71. The summed E-state index contributed by atoms with van der Waals surface area (Å²) in [5.74, 6) is 0.399. The predicted octanol–water partition coefficient (Wildman–Crippen LogP) is 3.67. The number of ether oxygens (including phenoxy) is 1. The third-order valence-corrected chi connectivity index (χ3v) is 4.92. The van der Waals surface area contributed by atoms with Crippen LogP contribution in [0.15, 0.2) is 48.5 Å². The molecular formula is C24H32N2O3. The van der Waals surface area contributed by atoms with E-state index in [2.05, 4.69) is 5.32 Å². The molecule has 1 N–H and O–H groups in total. The number of benzene rings is 2. The number of aryl methyl sites for hydroxylation is 2. The van der Waals surface area contributed by atoms with Gasteiger partial charge in [0.1, 0.15) is 11.8 Å². The van der Waals surface area contributed by atoms with Gasteiger partial charge in [0.2, 0.25) is 5.91 Å². The third-order valence-electron chi connectivity index (χ3n) is 4.92. The number of hydrogen-bond donors (Lipinski definition) is 1. The van der Waals surface area contributed by atoms with E-state index in [4.69, 9.17) is 4.74 Å². The average Bonchev–Trinajstić information content (AvgIpc) is 2.72. The molecule has 0 radical (unpaired) electrons. The van der Waals surface area contributed by atoms with Crippen molar-refractivity contribution in [3.8, 4) is 5.75 Å². The van der Waals surface area contributed by atoms with Gasteiger partial charge in [-0.1, -0.05) is 49.4 Å². The Morgan fingerprint density at radius 1 is 1.07 bits per heavy atom. The van der Waals surface area contributed by atoms with E-state index >= 15 is 0 Å². The fraction of sp³-hybridized carbons (Fsp3) is 0.417. The van der Waals surface area contributed by atoms with Crippen molar-refractivity contribution >= 4 is 11.8 Å². The second-order valence-electron chi connectivity index (χ2n) is 7.20. The molecule has 0 aliphatic heterocycles. The molecule has 0 saturated heterocycles. The summed E-state index contributed by atoms with van der Waals surface area (Å²) in [7, 11) is 0. The first-order valence-electron chi connectivity index (χ1n) is 10.3. The first kappa shape index (κ1) is 22.5. The Labute approximate surface area is 174 Å². The summed E-state index contributed by atoms with van der Waals surface area (Å²) in [6, 6.07) is 15.4. The molecule has 0 aromatic heterocycles. The Balaban J connectivity index is 2.14. The average molecular weight is 397 g/mol. The van der Waals surface area contributed by atoms with Gasteiger partial charge in [-0.05, 0) is 56.4 Å². The van der Waals surface area contributed by atoms with E-state index in [9.17, 15) is 9.59 Å². The number of carbonyl (C=O) groups is 2. The maximum Gasteiger partial charge on any atom is 0.261 e. The zero-order valence-electron chi connectivity index (χ0n) is 17.9. The highest BCUT2D eigenvalue weighted by Crippen LogP contribution is 2.19. The fourth-order valence-electron chi connectivity index (χ4n) is 3.27. The topological polar surface area (TPSA) is 58.6 Å². The molecule has 0 aliphatic rings. The molecule has 2 amide bonds. The van der Waals surface area contributed by atoms with Crippen molar-refractivity contribution in [1.29, 1.82) is 0 Å². The molecule has 5 nitrogen and oxygen atoms in total. The summed E-state index contributed by atoms with van der Waals surface area (Å²) >= 11 is 0. The van der Waals surface area contributed by atoms with Crippen molar-refractivity contribution in [3.63, 3.8) is 0 Å². The van der Waals surface area contributed by atoms with Crippen molar-refractivity contribution in [3.05, 3.63) is 65.2 Å². The number of likely N-dealkylation sites (N-methyl/N-ethyl adjacent to an activating group) is 1. The number of nitrogens with one attached hydrogen (secondary N) is 1. The van der Waals surface area contributed by atoms with Crippen molar-refractivity contribution < 1.29 is 14.3 Å². The van der Waals surface area contributed by atoms with Crippen LogP contribution in [0.3, 0.4) is 0 Å². The molecule has 0 heterocycles. The predicted molar refractivity (Wildman–Crippen MR) is 116 cm³/mol. The molecule has 0 fully saturated rings. The molecule has 2 rings (SSSR count). The molecule has 2 aromatic rings. The van der Waals surface area contributed by atoms with Crippen LogP contribution in [0.4, 0.5) is 0 Å². The molecular weight excluding hydrogens is 364 g/mol. The van der Waals surface area contributed by atoms with Crippen LogP contribution in [0.1, 0.15) is 37.0 Å². The molecule has 5 heteroatoms. The summed E-state index contributed by atoms with van der Waals surface area (Å²) in [5, 5.41) is 2.85. The summed E-state index contributed by atoms with van der Waals surface area (Å²) < 4.78 is 5.82. The minimum atomic E-state index is -0.506. The van der Waals surface area contributed by atoms with Crippen molar-refractivity contribution in [2.75, 3.05) is 19.7 Å². The van der Waals surface area contributed by atoms with Crippen LogP contribution in [0.2, 0.25) is 0 Å². The Morgan fingerprint density at radius 3 is 2.45 bits per heavy atom. The van der Waals surface area contributed by atoms with Crippen LogP contribution in [0, 0.1) is 13.8 Å². The van der Waals surface area contributed by atoms with Crippen LogP contribution >= 0.6 is 0 Å². The van der Waals surface area contributed by atoms with Gasteiger partial charge in [-0.15, -0.1) is 0 Å². The SMILES string of the molecule is CCNC(=O)C(CC)N(CCc1ccccc1)C(=O)COc1cc(C)ccc1C. The molecule has 2 aromatic carbocycles. The van der Waals surface area contributed by atoms with Gasteiger partial charge in [-0.3, -0.25) is 9.59 Å². The van der Waals surface area contributed by atoms with Gasteiger partial charge in [0, 0.05) is 13.1 Å². The maximum absolute atomic E-state index is 13.1. The number of rotatable bonds is 10. The summed E-state index contributed by atoms with van der Waals surface area (Å²) in [5.41, 5.74) is 3.19. The second-order valence-corrected chi connectivity index (χ2v) is 7.20. The van der Waals surface area contributed by atoms with Crippen LogP contribution in [0.25, 0.3) is 0 Å². The maximum atomic E-state index is 13.1. The molecule has 0 spiro atoms. The van der Waals surface area contributed by atoms with Gasteiger partial charge in [0.15, 0.2) is 6.61 Å². The fourth-order valence-corrected chi connectivity index (χ4v) is 3.27. The lowest BCUT2D eigenvalue weighted by Crippen LogP contribution is -2.51.